The van der Waals surface area contributed by atoms with Gasteiger partial charge in [-0.25, -0.2) is 0 Å². The van der Waals surface area contributed by atoms with E-state index in [0.29, 0.717) is 0 Å². The number of hydrogen-bond donors (Lipinski definition) is 4. The molecule has 8 heteroatoms. The van der Waals surface area contributed by atoms with E-state index in [1.54, 1.807) is 13.8 Å². The zero-order chi connectivity index (χ0) is 24.9. The van der Waals surface area contributed by atoms with Gasteiger partial charge in [-0.3, -0.25) is 19.2 Å². The minimum atomic E-state index is -1.20. The van der Waals surface area contributed by atoms with Crippen LogP contribution in [0.3, 0.4) is 0 Å². The summed E-state index contributed by atoms with van der Waals surface area (Å²) in [5, 5.41) is 11.6. The molecular formula is C26H38N4O4. The van der Waals surface area contributed by atoms with Crippen molar-refractivity contribution in [3.05, 3.63) is 35.4 Å². The minimum Gasteiger partial charge on any atom is -0.350 e. The molecule has 4 amide bonds. The fourth-order valence-corrected chi connectivity index (χ4v) is 4.78. The van der Waals surface area contributed by atoms with Gasteiger partial charge in [0, 0.05) is 6.54 Å². The second-order valence-electron chi connectivity index (χ2n) is 10.4. The third kappa shape index (κ3) is 6.36. The fraction of sp³-hybridized carbons (Fsp3) is 0.615. The molecular weight excluding hydrogens is 432 g/mol. The zero-order valence-electron chi connectivity index (χ0n) is 20.7. The summed E-state index contributed by atoms with van der Waals surface area (Å²) in [6.45, 7) is 7.29. The Morgan fingerprint density at radius 1 is 0.882 bits per heavy atom. The van der Waals surface area contributed by atoms with Crippen LogP contribution >= 0.6 is 0 Å². The third-order valence-corrected chi connectivity index (χ3v) is 6.88. The van der Waals surface area contributed by atoms with E-state index in [9.17, 15) is 19.2 Å². The summed E-state index contributed by atoms with van der Waals surface area (Å²) in [6.07, 6.45) is 4.85. The fourth-order valence-electron chi connectivity index (χ4n) is 4.78. The van der Waals surface area contributed by atoms with Crippen LogP contribution in [0.25, 0.3) is 0 Å². The number of fused-ring (bicyclic) bond motifs is 1. The van der Waals surface area contributed by atoms with Gasteiger partial charge in [-0.2, -0.15) is 0 Å². The average molecular weight is 471 g/mol. The summed E-state index contributed by atoms with van der Waals surface area (Å²) >= 11 is 0. The first-order valence-corrected chi connectivity index (χ1v) is 12.4. The monoisotopic (exact) mass is 470 g/mol. The van der Waals surface area contributed by atoms with Gasteiger partial charge in [-0.1, -0.05) is 57.4 Å². The van der Waals surface area contributed by atoms with Crippen molar-refractivity contribution in [2.45, 2.75) is 90.4 Å². The van der Waals surface area contributed by atoms with Crippen molar-refractivity contribution in [3.63, 3.8) is 0 Å². The molecule has 2 atom stereocenters. The highest BCUT2D eigenvalue weighted by atomic mass is 16.2. The number of rotatable bonds is 2. The molecule has 0 aromatic heterocycles. The maximum absolute atomic E-state index is 13.4. The minimum absolute atomic E-state index is 0.0139. The lowest BCUT2D eigenvalue weighted by Crippen LogP contribution is -2.62. The summed E-state index contributed by atoms with van der Waals surface area (Å²) in [5.74, 6) is -1.51. The lowest BCUT2D eigenvalue weighted by Gasteiger charge is -2.34. The molecule has 0 spiro atoms. The average Bonchev–Trinajstić information content (AvgIpc) is 2.79. The molecule has 34 heavy (non-hydrogen) atoms. The first-order valence-electron chi connectivity index (χ1n) is 12.4. The summed E-state index contributed by atoms with van der Waals surface area (Å²) in [4.78, 5) is 52.6. The molecule has 0 unspecified atom stereocenters. The first-order chi connectivity index (χ1) is 16.1. The van der Waals surface area contributed by atoms with Gasteiger partial charge < -0.3 is 21.3 Å². The molecule has 4 N–H and O–H groups in total. The lowest BCUT2D eigenvalue weighted by molar-refractivity contribution is -0.137. The summed E-state index contributed by atoms with van der Waals surface area (Å²) in [7, 11) is 0. The SMILES string of the molecule is CC(C)[C@@H]1NC(=O)[C@@H](C2CCCCC2)NC(=O)C(C)(C)NC(=O)Cc2ccccc2CNC1=O. The summed E-state index contributed by atoms with van der Waals surface area (Å²) in [6, 6.07) is 5.89. The number of hydrogen-bond acceptors (Lipinski definition) is 4. The van der Waals surface area contributed by atoms with Crippen LogP contribution in [-0.2, 0) is 32.1 Å². The Hall–Kier alpha value is -2.90. The Morgan fingerprint density at radius 3 is 2.18 bits per heavy atom. The van der Waals surface area contributed by atoms with Gasteiger partial charge in [0.1, 0.15) is 17.6 Å². The Balaban J connectivity index is 1.95. The van der Waals surface area contributed by atoms with Gasteiger partial charge in [0.25, 0.3) is 0 Å². The second kappa shape index (κ2) is 11.0. The van der Waals surface area contributed by atoms with Gasteiger partial charge in [0.15, 0.2) is 0 Å². The van der Waals surface area contributed by atoms with Gasteiger partial charge in [-0.15, -0.1) is 0 Å². The Bertz CT molecular complexity index is 921. The number of carbonyl (C=O) groups is 4. The Labute approximate surface area is 202 Å². The highest BCUT2D eigenvalue weighted by molar-refractivity contribution is 5.96. The molecule has 1 fully saturated rings. The van der Waals surface area contributed by atoms with Crippen molar-refractivity contribution in [2.24, 2.45) is 11.8 Å². The van der Waals surface area contributed by atoms with E-state index in [0.717, 1.165) is 43.2 Å². The normalized spacial score (nSPS) is 25.2. The van der Waals surface area contributed by atoms with Crippen molar-refractivity contribution in [1.82, 2.24) is 21.3 Å². The van der Waals surface area contributed by atoms with E-state index >= 15 is 0 Å². The number of benzene rings is 1. The van der Waals surface area contributed by atoms with Crippen LogP contribution in [-0.4, -0.2) is 41.3 Å². The largest absolute Gasteiger partial charge is 0.350 e. The quantitative estimate of drug-likeness (QED) is 0.529. The molecule has 2 aliphatic rings. The highest BCUT2D eigenvalue weighted by Gasteiger charge is 2.38. The van der Waals surface area contributed by atoms with E-state index in [2.05, 4.69) is 21.3 Å². The topological polar surface area (TPSA) is 116 Å². The van der Waals surface area contributed by atoms with E-state index in [1.165, 1.54) is 0 Å². The van der Waals surface area contributed by atoms with Crippen LogP contribution in [0.1, 0.15) is 70.9 Å². The molecule has 1 aromatic rings. The summed E-state index contributed by atoms with van der Waals surface area (Å²) in [5.41, 5.74) is 0.388. The van der Waals surface area contributed by atoms with Gasteiger partial charge in [-0.05, 0) is 49.7 Å². The Kier molecular flexibility index (Phi) is 8.33. The predicted octanol–water partition coefficient (Wildman–Crippen LogP) is 1.96. The van der Waals surface area contributed by atoms with Gasteiger partial charge >= 0.3 is 0 Å². The smallest absolute Gasteiger partial charge is 0.245 e. The van der Waals surface area contributed by atoms with Crippen LogP contribution in [0.5, 0.6) is 0 Å². The van der Waals surface area contributed by atoms with E-state index in [4.69, 9.17) is 0 Å². The molecule has 8 nitrogen and oxygen atoms in total. The number of amides is 4. The van der Waals surface area contributed by atoms with Gasteiger partial charge in [0.05, 0.1) is 6.42 Å². The van der Waals surface area contributed by atoms with Crippen molar-refractivity contribution in [2.75, 3.05) is 0 Å². The molecule has 0 bridgehead atoms. The third-order valence-electron chi connectivity index (χ3n) is 6.88. The second-order valence-corrected chi connectivity index (χ2v) is 10.4. The number of nitrogens with one attached hydrogen (secondary N) is 4. The predicted molar refractivity (Wildman–Crippen MR) is 129 cm³/mol. The van der Waals surface area contributed by atoms with Crippen molar-refractivity contribution in [1.29, 1.82) is 0 Å². The van der Waals surface area contributed by atoms with Crippen molar-refractivity contribution < 1.29 is 19.2 Å². The van der Waals surface area contributed by atoms with E-state index in [-0.39, 0.29) is 42.5 Å². The molecule has 1 saturated carbocycles. The summed E-state index contributed by atoms with van der Waals surface area (Å²) < 4.78 is 0. The molecule has 186 valence electrons. The molecule has 1 aromatic carbocycles. The van der Waals surface area contributed by atoms with Crippen LogP contribution in [0.15, 0.2) is 24.3 Å². The first kappa shape index (κ1) is 25.7. The number of carbonyl (C=O) groups excluding carboxylic acids is 4. The molecule has 0 radical (unpaired) electrons. The molecule has 3 rings (SSSR count). The van der Waals surface area contributed by atoms with Crippen LogP contribution in [0.4, 0.5) is 0 Å². The molecule has 1 heterocycles. The maximum atomic E-state index is 13.4. The van der Waals surface area contributed by atoms with Gasteiger partial charge in [0.2, 0.25) is 23.6 Å². The van der Waals surface area contributed by atoms with Crippen LogP contribution in [0.2, 0.25) is 0 Å². The molecule has 1 aliphatic carbocycles. The Morgan fingerprint density at radius 2 is 1.53 bits per heavy atom. The van der Waals surface area contributed by atoms with Crippen molar-refractivity contribution >= 4 is 23.6 Å². The van der Waals surface area contributed by atoms with E-state index in [1.807, 2.05) is 38.1 Å². The molecule has 0 saturated heterocycles. The van der Waals surface area contributed by atoms with Crippen LogP contribution in [0, 0.1) is 11.8 Å². The lowest BCUT2D eigenvalue weighted by atomic mass is 9.83. The zero-order valence-corrected chi connectivity index (χ0v) is 20.7. The van der Waals surface area contributed by atoms with Crippen molar-refractivity contribution in [3.8, 4) is 0 Å². The highest BCUT2D eigenvalue weighted by Crippen LogP contribution is 2.27. The van der Waals surface area contributed by atoms with Crippen LogP contribution < -0.4 is 21.3 Å². The molecule has 1 aliphatic heterocycles. The van der Waals surface area contributed by atoms with E-state index < -0.39 is 23.5 Å². The standard InChI is InChI=1S/C26H38N4O4/c1-16(2)21-23(32)27-15-19-13-9-8-12-18(19)14-20(31)30-26(3,4)25(34)29-22(24(33)28-21)17-10-6-5-7-11-17/h8-9,12-13,16-17,21-22H,5-7,10-11,14-15H2,1-4H3,(H,27,32)(H,28,33)(H,29,34)(H,30,31)/t21-,22+/m0/s1. The maximum Gasteiger partial charge on any atom is 0.245 e.